The van der Waals surface area contributed by atoms with E-state index >= 15 is 0 Å². The van der Waals surface area contributed by atoms with E-state index in [2.05, 4.69) is 31.5 Å². The fraction of sp³-hybridized carbons (Fsp3) is 0.400. The van der Waals surface area contributed by atoms with Crippen LogP contribution in [-0.4, -0.2) is 31.3 Å². The van der Waals surface area contributed by atoms with Gasteiger partial charge in [0.25, 0.3) is 0 Å². The molecule has 2 aromatic rings. The number of rotatable bonds is 3. The smallest absolute Gasteiger partial charge is 0.331 e. The SMILES string of the molecule is O=C(O)C1(n2nnnc2-c2csc(Br)c2)CCC1. The second-order valence-electron chi connectivity index (χ2n) is 4.24. The maximum absolute atomic E-state index is 11.5. The Morgan fingerprint density at radius 2 is 2.33 bits per heavy atom. The van der Waals surface area contributed by atoms with E-state index < -0.39 is 11.5 Å². The van der Waals surface area contributed by atoms with Gasteiger partial charge in [-0.3, -0.25) is 0 Å². The number of nitrogens with zero attached hydrogens (tertiary/aromatic N) is 4. The van der Waals surface area contributed by atoms with Gasteiger partial charge in [-0.2, -0.15) is 0 Å². The van der Waals surface area contributed by atoms with Crippen LogP contribution in [0.25, 0.3) is 11.4 Å². The molecular formula is C10H9BrN4O2S. The van der Waals surface area contributed by atoms with Crippen molar-refractivity contribution < 1.29 is 9.90 Å². The largest absolute Gasteiger partial charge is 0.479 e. The van der Waals surface area contributed by atoms with Gasteiger partial charge < -0.3 is 5.11 Å². The molecule has 1 saturated carbocycles. The molecule has 0 unspecified atom stereocenters. The van der Waals surface area contributed by atoms with Crippen LogP contribution in [-0.2, 0) is 10.3 Å². The zero-order valence-corrected chi connectivity index (χ0v) is 11.6. The van der Waals surface area contributed by atoms with E-state index in [4.69, 9.17) is 0 Å². The van der Waals surface area contributed by atoms with Gasteiger partial charge in [-0.05, 0) is 51.7 Å². The minimum Gasteiger partial charge on any atom is -0.479 e. The fourth-order valence-electron chi connectivity index (χ4n) is 2.11. The Morgan fingerprint density at radius 3 is 2.83 bits per heavy atom. The molecular weight excluding hydrogens is 320 g/mol. The molecule has 8 heteroatoms. The molecule has 0 radical (unpaired) electrons. The Hall–Kier alpha value is -1.28. The highest BCUT2D eigenvalue weighted by Gasteiger charge is 2.49. The first-order chi connectivity index (χ1) is 8.63. The summed E-state index contributed by atoms with van der Waals surface area (Å²) in [6.45, 7) is 0. The van der Waals surface area contributed by atoms with Gasteiger partial charge in [0.2, 0.25) is 0 Å². The summed E-state index contributed by atoms with van der Waals surface area (Å²) in [5.74, 6) is -0.351. The molecule has 2 aromatic heterocycles. The van der Waals surface area contributed by atoms with Crippen molar-refractivity contribution in [3.63, 3.8) is 0 Å². The second kappa shape index (κ2) is 4.13. The Balaban J connectivity index is 2.09. The van der Waals surface area contributed by atoms with E-state index in [1.165, 1.54) is 16.0 Å². The average molecular weight is 329 g/mol. The van der Waals surface area contributed by atoms with Crippen molar-refractivity contribution in [3.05, 3.63) is 15.2 Å². The zero-order valence-electron chi connectivity index (χ0n) is 9.21. The van der Waals surface area contributed by atoms with Crippen LogP contribution < -0.4 is 0 Å². The van der Waals surface area contributed by atoms with Crippen LogP contribution in [0, 0.1) is 0 Å². The molecule has 94 valence electrons. The van der Waals surface area contributed by atoms with Gasteiger partial charge >= 0.3 is 5.97 Å². The lowest BCUT2D eigenvalue weighted by atomic mass is 9.77. The standard InChI is InChI=1S/C10H9BrN4O2S/c11-7-4-6(5-18-7)8-12-13-14-15(8)10(9(16)17)2-1-3-10/h4-5H,1-3H2,(H,16,17). The van der Waals surface area contributed by atoms with Gasteiger partial charge in [0.15, 0.2) is 11.4 Å². The first kappa shape index (κ1) is 11.8. The van der Waals surface area contributed by atoms with E-state index in [1.54, 1.807) is 0 Å². The third kappa shape index (κ3) is 1.59. The number of thiophene rings is 1. The van der Waals surface area contributed by atoms with Gasteiger partial charge in [0, 0.05) is 10.9 Å². The Bertz CT molecular complexity index is 605. The Kier molecular flexibility index (Phi) is 2.70. The molecule has 0 saturated heterocycles. The molecule has 1 aliphatic rings. The van der Waals surface area contributed by atoms with Crippen molar-refractivity contribution >= 4 is 33.2 Å². The van der Waals surface area contributed by atoms with Gasteiger partial charge in [0.05, 0.1) is 3.79 Å². The average Bonchev–Trinajstić information content (AvgIpc) is 2.84. The van der Waals surface area contributed by atoms with Gasteiger partial charge in [-0.25, -0.2) is 9.48 Å². The molecule has 2 heterocycles. The summed E-state index contributed by atoms with van der Waals surface area (Å²) in [6, 6.07) is 1.89. The summed E-state index contributed by atoms with van der Waals surface area (Å²) < 4.78 is 2.41. The summed E-state index contributed by atoms with van der Waals surface area (Å²) in [7, 11) is 0. The topological polar surface area (TPSA) is 80.9 Å². The maximum Gasteiger partial charge on any atom is 0.331 e. The lowest BCUT2D eigenvalue weighted by Gasteiger charge is -2.37. The third-order valence-electron chi connectivity index (χ3n) is 3.28. The van der Waals surface area contributed by atoms with Crippen LogP contribution in [0.2, 0.25) is 0 Å². The maximum atomic E-state index is 11.5. The lowest BCUT2D eigenvalue weighted by Crippen LogP contribution is -2.48. The Labute approximate surface area is 115 Å². The highest BCUT2D eigenvalue weighted by molar-refractivity contribution is 9.11. The molecule has 1 N–H and O–H groups in total. The summed E-state index contributed by atoms with van der Waals surface area (Å²) in [5, 5.41) is 22.8. The number of hydrogen-bond donors (Lipinski definition) is 1. The summed E-state index contributed by atoms with van der Waals surface area (Å²) in [6.07, 6.45) is 2.04. The summed E-state index contributed by atoms with van der Waals surface area (Å²) in [5.41, 5.74) is -0.128. The van der Waals surface area contributed by atoms with Crippen LogP contribution in [0.1, 0.15) is 19.3 Å². The number of hydrogen-bond acceptors (Lipinski definition) is 5. The monoisotopic (exact) mass is 328 g/mol. The van der Waals surface area contributed by atoms with Gasteiger partial charge in [-0.1, -0.05) is 0 Å². The molecule has 6 nitrogen and oxygen atoms in total. The van der Waals surface area contributed by atoms with Gasteiger partial charge in [-0.15, -0.1) is 16.4 Å². The molecule has 1 aliphatic carbocycles. The molecule has 1 fully saturated rings. The van der Waals surface area contributed by atoms with Gasteiger partial charge in [0.1, 0.15) is 0 Å². The van der Waals surface area contributed by atoms with Crippen molar-refractivity contribution in [2.75, 3.05) is 0 Å². The number of carboxylic acids is 1. The van der Waals surface area contributed by atoms with Crippen molar-refractivity contribution in [1.82, 2.24) is 20.2 Å². The third-order valence-corrected chi connectivity index (χ3v) is 4.78. The molecule has 0 aliphatic heterocycles. The van der Waals surface area contributed by atoms with Crippen molar-refractivity contribution in [2.24, 2.45) is 0 Å². The zero-order chi connectivity index (χ0) is 12.8. The predicted octanol–water partition coefficient (Wildman–Crippen LogP) is 2.13. The number of carbonyl (C=O) groups is 1. The normalized spacial score (nSPS) is 17.4. The minimum atomic E-state index is -0.965. The summed E-state index contributed by atoms with van der Waals surface area (Å²) >= 11 is 4.89. The van der Waals surface area contributed by atoms with E-state index in [-0.39, 0.29) is 0 Å². The molecule has 0 amide bonds. The van der Waals surface area contributed by atoms with Crippen molar-refractivity contribution in [2.45, 2.75) is 24.8 Å². The van der Waals surface area contributed by atoms with E-state index in [0.29, 0.717) is 18.7 Å². The van der Waals surface area contributed by atoms with Crippen molar-refractivity contribution in [3.8, 4) is 11.4 Å². The molecule has 0 atom stereocenters. The predicted molar refractivity (Wildman–Crippen MR) is 68.3 cm³/mol. The van der Waals surface area contributed by atoms with Crippen LogP contribution >= 0.6 is 27.3 Å². The Morgan fingerprint density at radius 1 is 1.56 bits per heavy atom. The van der Waals surface area contributed by atoms with Crippen LogP contribution in [0.15, 0.2) is 15.2 Å². The highest BCUT2D eigenvalue weighted by Crippen LogP contribution is 2.41. The van der Waals surface area contributed by atoms with Crippen LogP contribution in [0.3, 0.4) is 0 Å². The quantitative estimate of drug-likeness (QED) is 0.933. The van der Waals surface area contributed by atoms with E-state index in [9.17, 15) is 9.90 Å². The fourth-order valence-corrected chi connectivity index (χ4v) is 3.25. The lowest BCUT2D eigenvalue weighted by molar-refractivity contribution is -0.153. The highest BCUT2D eigenvalue weighted by atomic mass is 79.9. The number of tetrazole rings is 1. The minimum absolute atomic E-state index is 0.513. The molecule has 0 spiro atoms. The summed E-state index contributed by atoms with van der Waals surface area (Å²) in [4.78, 5) is 11.5. The number of carboxylic acid groups (broad SMARTS) is 1. The number of aliphatic carboxylic acids is 1. The molecule has 0 bridgehead atoms. The second-order valence-corrected chi connectivity index (χ2v) is 6.53. The van der Waals surface area contributed by atoms with Crippen LogP contribution in [0.5, 0.6) is 0 Å². The van der Waals surface area contributed by atoms with Crippen LogP contribution in [0.4, 0.5) is 0 Å². The molecule has 0 aromatic carbocycles. The van der Waals surface area contributed by atoms with E-state index in [0.717, 1.165) is 15.8 Å². The van der Waals surface area contributed by atoms with E-state index in [1.807, 2.05) is 11.4 Å². The first-order valence-electron chi connectivity index (χ1n) is 5.40. The number of halogens is 1. The molecule has 3 rings (SSSR count). The van der Waals surface area contributed by atoms with Crippen molar-refractivity contribution in [1.29, 1.82) is 0 Å². The molecule has 18 heavy (non-hydrogen) atoms. The number of aromatic nitrogens is 4. The first-order valence-corrected chi connectivity index (χ1v) is 7.07.